The molecule has 0 radical (unpaired) electrons. The van der Waals surface area contributed by atoms with Crippen molar-refractivity contribution in [2.75, 3.05) is 25.5 Å². The number of aromatic nitrogens is 1. The number of pyridine rings is 1. The maximum atomic E-state index is 14.9. The Hall–Kier alpha value is -2.95. The molecule has 2 N–H and O–H groups in total. The number of halogens is 5. The van der Waals surface area contributed by atoms with Crippen molar-refractivity contribution in [3.05, 3.63) is 63.3 Å². The van der Waals surface area contributed by atoms with Gasteiger partial charge in [-0.25, -0.2) is 22.0 Å². The fraction of sp³-hybridized carbons (Fsp3) is 0.538. The van der Waals surface area contributed by atoms with Gasteiger partial charge in [-0.3, -0.25) is 9.59 Å². The highest BCUT2D eigenvalue weighted by Crippen LogP contribution is 2.48. The van der Waals surface area contributed by atoms with Crippen molar-refractivity contribution < 1.29 is 26.7 Å². The molecular weight excluding hydrogens is 495 g/mol. The number of benzene rings is 1. The Balaban J connectivity index is 1.67. The largest absolute Gasteiger partial charge is 0.381 e. The van der Waals surface area contributed by atoms with E-state index in [1.54, 1.807) is 0 Å². The van der Waals surface area contributed by atoms with Crippen molar-refractivity contribution in [2.45, 2.75) is 69.5 Å². The summed E-state index contributed by atoms with van der Waals surface area (Å²) in [7, 11) is 1.99. The Morgan fingerprint density at radius 3 is 2.41 bits per heavy atom. The fourth-order valence-corrected chi connectivity index (χ4v) is 4.82. The number of hydrogen-bond donors (Lipinski definition) is 2. The lowest BCUT2D eigenvalue weighted by molar-refractivity contribution is 0.0135. The quantitative estimate of drug-likeness (QED) is 0.483. The smallest absolute Gasteiger partial charge is 0.273 e. The minimum absolute atomic E-state index is 0.0404. The zero-order valence-electron chi connectivity index (χ0n) is 21.0. The van der Waals surface area contributed by atoms with Crippen molar-refractivity contribution in [3.63, 3.8) is 0 Å². The summed E-state index contributed by atoms with van der Waals surface area (Å²) in [5.74, 6) is -5.29. The zero-order chi connectivity index (χ0) is 27.1. The van der Waals surface area contributed by atoms with Gasteiger partial charge in [0, 0.05) is 30.8 Å². The van der Waals surface area contributed by atoms with E-state index >= 15 is 0 Å². The number of anilines is 1. The van der Waals surface area contributed by atoms with Gasteiger partial charge in [-0.1, -0.05) is 18.2 Å². The van der Waals surface area contributed by atoms with Crippen molar-refractivity contribution in [2.24, 2.45) is 0 Å². The molecule has 1 saturated carbocycles. The van der Waals surface area contributed by atoms with E-state index in [1.807, 2.05) is 7.05 Å². The summed E-state index contributed by atoms with van der Waals surface area (Å²) >= 11 is 0. The van der Waals surface area contributed by atoms with Crippen LogP contribution in [0.5, 0.6) is 0 Å². The Morgan fingerprint density at radius 1 is 1.19 bits per heavy atom. The molecular formula is C26H31F5N4O2. The number of carbonyl (C=O) groups excluding carboxylic acids is 1. The predicted octanol–water partition coefficient (Wildman–Crippen LogP) is 4.85. The van der Waals surface area contributed by atoms with E-state index < -0.39 is 46.8 Å². The highest BCUT2D eigenvalue weighted by molar-refractivity contribution is 5.99. The molecule has 1 aliphatic heterocycles. The van der Waals surface area contributed by atoms with Gasteiger partial charge in [-0.2, -0.15) is 0 Å². The highest BCUT2D eigenvalue weighted by Gasteiger charge is 2.53. The van der Waals surface area contributed by atoms with Crippen LogP contribution in [0.25, 0.3) is 0 Å². The molecule has 0 spiro atoms. The summed E-state index contributed by atoms with van der Waals surface area (Å²) in [5, 5.41) is 5.80. The Kier molecular flexibility index (Phi) is 7.38. The number of nitrogens with one attached hydrogen (secondary N) is 2. The van der Waals surface area contributed by atoms with Gasteiger partial charge in [0.1, 0.15) is 11.4 Å². The van der Waals surface area contributed by atoms with Crippen LogP contribution in [-0.2, 0) is 11.5 Å². The van der Waals surface area contributed by atoms with E-state index in [0.717, 1.165) is 48.8 Å². The maximum absolute atomic E-state index is 14.9. The second-order valence-electron chi connectivity index (χ2n) is 10.2. The molecule has 2 heterocycles. The molecule has 2 aromatic rings. The summed E-state index contributed by atoms with van der Waals surface area (Å²) in [6, 6.07) is 3.65. The first kappa shape index (κ1) is 27.1. The number of alkyl halides is 4. The average molecular weight is 527 g/mol. The van der Waals surface area contributed by atoms with Gasteiger partial charge in [0.05, 0.1) is 22.9 Å². The zero-order valence-corrected chi connectivity index (χ0v) is 21.0. The first-order chi connectivity index (χ1) is 17.3. The Bertz CT molecular complexity index is 1210. The number of likely N-dealkylation sites (tertiary alicyclic amines) is 1. The standard InChI is InChI=1S/C26H31F5N4O2/c1-15(17-5-4-6-19(22(17)27)25(2,30)31)32-23(37)18-14-35(26(9-10-26)24(28)29)21(36)13-20(18)33-16-7-11-34(3)12-8-16/h4-6,13-16,24,33H,7-12H2,1-3H3,(H,32,37)/t15-/m1/s1. The van der Waals surface area contributed by atoms with E-state index in [-0.39, 0.29) is 35.7 Å². The number of hydrogen-bond acceptors (Lipinski definition) is 4. The Morgan fingerprint density at radius 2 is 1.84 bits per heavy atom. The molecule has 2 fully saturated rings. The van der Waals surface area contributed by atoms with E-state index in [2.05, 4.69) is 15.5 Å². The van der Waals surface area contributed by atoms with Gasteiger partial charge in [-0.05, 0) is 52.7 Å². The third-order valence-electron chi connectivity index (χ3n) is 7.34. The van der Waals surface area contributed by atoms with Crippen molar-refractivity contribution in [1.82, 2.24) is 14.8 Å². The number of carbonyl (C=O) groups is 1. The Labute approximate surface area is 211 Å². The molecule has 1 aromatic heterocycles. The SMILES string of the molecule is C[C@@H](NC(=O)c1cn(C2(C(F)F)CC2)c(=O)cc1NC1CCN(C)CC1)c1cccc(C(C)(F)F)c1F. The normalized spacial score (nSPS) is 19.1. The summed E-state index contributed by atoms with van der Waals surface area (Å²) in [6.07, 6.45) is 0.0522. The van der Waals surface area contributed by atoms with Crippen LogP contribution in [0.1, 0.15) is 67.1 Å². The molecule has 1 saturated heterocycles. The van der Waals surface area contributed by atoms with Crippen LogP contribution in [0.4, 0.5) is 27.6 Å². The van der Waals surface area contributed by atoms with Gasteiger partial charge < -0.3 is 20.1 Å². The van der Waals surface area contributed by atoms with Crippen molar-refractivity contribution >= 4 is 11.6 Å². The lowest BCUT2D eigenvalue weighted by Crippen LogP contribution is -2.40. The number of piperidine rings is 1. The van der Waals surface area contributed by atoms with Crippen LogP contribution in [0.3, 0.4) is 0 Å². The van der Waals surface area contributed by atoms with Gasteiger partial charge in [-0.15, -0.1) is 0 Å². The van der Waals surface area contributed by atoms with Crippen LogP contribution in [0.15, 0.2) is 35.3 Å². The second kappa shape index (κ2) is 10.1. The van der Waals surface area contributed by atoms with Gasteiger partial charge in [0.15, 0.2) is 0 Å². The summed E-state index contributed by atoms with van der Waals surface area (Å²) < 4.78 is 71.1. The molecule has 2 aliphatic rings. The molecule has 37 heavy (non-hydrogen) atoms. The molecule has 4 rings (SSSR count). The van der Waals surface area contributed by atoms with E-state index in [0.29, 0.717) is 6.92 Å². The second-order valence-corrected chi connectivity index (χ2v) is 10.2. The fourth-order valence-electron chi connectivity index (χ4n) is 4.82. The van der Waals surface area contributed by atoms with Crippen molar-refractivity contribution in [1.29, 1.82) is 0 Å². The van der Waals surface area contributed by atoms with Crippen molar-refractivity contribution in [3.8, 4) is 0 Å². The topological polar surface area (TPSA) is 66.4 Å². The van der Waals surface area contributed by atoms with E-state index in [4.69, 9.17) is 0 Å². The lowest BCUT2D eigenvalue weighted by atomic mass is 10.0. The molecule has 1 amide bonds. The third kappa shape index (κ3) is 5.51. The monoisotopic (exact) mass is 526 g/mol. The van der Waals surface area contributed by atoms with Crippen LogP contribution < -0.4 is 16.2 Å². The van der Waals surface area contributed by atoms with E-state index in [1.165, 1.54) is 19.1 Å². The van der Waals surface area contributed by atoms with Crippen LogP contribution in [-0.4, -0.2) is 48.0 Å². The molecule has 1 aliphatic carbocycles. The molecule has 202 valence electrons. The molecule has 1 atom stereocenters. The molecule has 0 bridgehead atoms. The third-order valence-corrected chi connectivity index (χ3v) is 7.34. The van der Waals surface area contributed by atoms with Crippen LogP contribution in [0, 0.1) is 5.82 Å². The summed E-state index contributed by atoms with van der Waals surface area (Å²) in [4.78, 5) is 28.4. The molecule has 1 aromatic carbocycles. The molecule has 6 nitrogen and oxygen atoms in total. The predicted molar refractivity (Wildman–Crippen MR) is 130 cm³/mol. The number of amides is 1. The first-order valence-electron chi connectivity index (χ1n) is 12.3. The highest BCUT2D eigenvalue weighted by atomic mass is 19.3. The van der Waals surface area contributed by atoms with Gasteiger partial charge in [0.25, 0.3) is 23.8 Å². The van der Waals surface area contributed by atoms with E-state index in [9.17, 15) is 31.5 Å². The average Bonchev–Trinajstić information content (AvgIpc) is 3.62. The van der Waals surface area contributed by atoms with Crippen LogP contribution >= 0.6 is 0 Å². The molecule has 0 unspecified atom stereocenters. The van der Waals surface area contributed by atoms with Gasteiger partial charge >= 0.3 is 0 Å². The minimum atomic E-state index is -3.42. The summed E-state index contributed by atoms with van der Waals surface area (Å²) in [6.45, 7) is 3.63. The lowest BCUT2D eigenvalue weighted by Gasteiger charge is -2.31. The number of nitrogens with zero attached hydrogens (tertiary/aromatic N) is 2. The number of rotatable bonds is 8. The maximum Gasteiger partial charge on any atom is 0.273 e. The summed E-state index contributed by atoms with van der Waals surface area (Å²) in [5.41, 5.74) is -3.10. The molecule has 11 heteroatoms. The van der Waals surface area contributed by atoms with Crippen LogP contribution in [0.2, 0.25) is 0 Å². The van der Waals surface area contributed by atoms with Gasteiger partial charge in [0.2, 0.25) is 0 Å². The minimum Gasteiger partial charge on any atom is -0.381 e. The first-order valence-corrected chi connectivity index (χ1v) is 12.3.